The van der Waals surface area contributed by atoms with Gasteiger partial charge in [0.2, 0.25) is 10.0 Å². The van der Waals surface area contributed by atoms with E-state index in [-0.39, 0.29) is 12.5 Å². The van der Waals surface area contributed by atoms with Gasteiger partial charge in [-0.1, -0.05) is 42.5 Å². The van der Waals surface area contributed by atoms with Gasteiger partial charge in [0.1, 0.15) is 0 Å². The zero-order valence-electron chi connectivity index (χ0n) is 19.1. The van der Waals surface area contributed by atoms with Crippen LogP contribution >= 0.6 is 0 Å². The Bertz CT molecular complexity index is 1490. The molecule has 0 atom stereocenters. The maximum atomic E-state index is 13.3. The quantitative estimate of drug-likeness (QED) is 0.385. The highest BCUT2D eigenvalue weighted by atomic mass is 32.2. The number of hydrogen-bond donors (Lipinski definition) is 0. The molecular formula is C26H24N2O5S. The molecule has 4 aromatic rings. The van der Waals surface area contributed by atoms with E-state index < -0.39 is 16.0 Å². The van der Waals surface area contributed by atoms with Crippen molar-refractivity contribution in [1.29, 1.82) is 0 Å². The second kappa shape index (κ2) is 9.15. The lowest BCUT2D eigenvalue weighted by atomic mass is 10.1. The molecule has 1 heterocycles. The number of anilines is 1. The number of rotatable bonds is 6. The fourth-order valence-corrected chi connectivity index (χ4v) is 4.75. The maximum absolute atomic E-state index is 13.3. The maximum Gasteiger partial charge on any atom is 0.340 e. The van der Waals surface area contributed by atoms with Crippen LogP contribution in [0.2, 0.25) is 0 Å². The standard InChI is InChI=1S/C26H24N2O5S/c1-18-8-4-5-9-20(18)16-28(34(3,31)32)21-14-12-19(13-15-21)25(29)27-17-23(26(30)33-2)22-10-6-7-11-24(22)27/h4-15,17H,16H2,1-3H3. The van der Waals surface area contributed by atoms with Gasteiger partial charge in [-0.15, -0.1) is 0 Å². The zero-order chi connectivity index (χ0) is 24.5. The van der Waals surface area contributed by atoms with E-state index in [2.05, 4.69) is 0 Å². The molecule has 0 radical (unpaired) electrons. The van der Waals surface area contributed by atoms with E-state index >= 15 is 0 Å². The third-order valence-corrected chi connectivity index (χ3v) is 6.85. The number of para-hydroxylation sites is 1. The third-order valence-electron chi connectivity index (χ3n) is 5.71. The first kappa shape index (κ1) is 23.3. The molecule has 0 aliphatic heterocycles. The number of methoxy groups -OCH3 is 1. The molecule has 34 heavy (non-hydrogen) atoms. The number of esters is 1. The molecule has 0 fully saturated rings. The molecule has 0 bridgehead atoms. The number of carbonyl (C=O) groups excluding carboxylic acids is 2. The van der Waals surface area contributed by atoms with Crippen LogP contribution in [0.25, 0.3) is 10.9 Å². The Morgan fingerprint density at radius 3 is 2.24 bits per heavy atom. The molecule has 8 heteroatoms. The Labute approximate surface area is 198 Å². The third kappa shape index (κ3) is 4.45. The summed E-state index contributed by atoms with van der Waals surface area (Å²) in [5.74, 6) is -0.874. The molecular weight excluding hydrogens is 452 g/mol. The van der Waals surface area contributed by atoms with Crippen LogP contribution in [0.3, 0.4) is 0 Å². The van der Waals surface area contributed by atoms with Crippen LogP contribution in [0.4, 0.5) is 5.69 Å². The summed E-state index contributed by atoms with van der Waals surface area (Å²) in [6.45, 7) is 2.12. The average Bonchev–Trinajstić information content (AvgIpc) is 3.22. The summed E-state index contributed by atoms with van der Waals surface area (Å²) in [4.78, 5) is 25.5. The van der Waals surface area contributed by atoms with E-state index in [0.717, 1.165) is 17.4 Å². The summed E-state index contributed by atoms with van der Waals surface area (Å²) < 4.78 is 32.6. The first-order valence-corrected chi connectivity index (χ1v) is 12.4. The Balaban J connectivity index is 1.69. The van der Waals surface area contributed by atoms with Gasteiger partial charge in [0.25, 0.3) is 5.91 Å². The van der Waals surface area contributed by atoms with Crippen molar-refractivity contribution >= 4 is 38.5 Å². The van der Waals surface area contributed by atoms with E-state index in [1.165, 1.54) is 22.2 Å². The molecule has 0 spiro atoms. The van der Waals surface area contributed by atoms with Crippen molar-refractivity contribution in [1.82, 2.24) is 4.57 Å². The zero-order valence-corrected chi connectivity index (χ0v) is 19.9. The lowest BCUT2D eigenvalue weighted by molar-refractivity contribution is 0.0603. The van der Waals surface area contributed by atoms with Crippen molar-refractivity contribution < 1.29 is 22.7 Å². The molecule has 0 aliphatic carbocycles. The Morgan fingerprint density at radius 2 is 1.59 bits per heavy atom. The van der Waals surface area contributed by atoms with Crippen LogP contribution in [-0.2, 0) is 21.3 Å². The Kier molecular flexibility index (Phi) is 6.26. The number of aryl methyl sites for hydroxylation is 1. The molecule has 3 aromatic carbocycles. The minimum Gasteiger partial charge on any atom is -0.465 e. The number of benzene rings is 3. The highest BCUT2D eigenvalue weighted by Crippen LogP contribution is 2.25. The molecule has 0 aliphatic rings. The van der Waals surface area contributed by atoms with Gasteiger partial charge in [-0.25, -0.2) is 13.2 Å². The van der Waals surface area contributed by atoms with Crippen molar-refractivity contribution in [3.05, 3.63) is 101 Å². The summed E-state index contributed by atoms with van der Waals surface area (Å²) in [5.41, 5.74) is 3.56. The monoisotopic (exact) mass is 476 g/mol. The number of sulfonamides is 1. The van der Waals surface area contributed by atoms with Crippen molar-refractivity contribution in [3.63, 3.8) is 0 Å². The van der Waals surface area contributed by atoms with Crippen LogP contribution in [0.1, 0.15) is 31.8 Å². The molecule has 0 amide bonds. The lowest BCUT2D eigenvalue weighted by Gasteiger charge is -2.23. The predicted octanol–water partition coefficient (Wildman–Crippen LogP) is 4.39. The van der Waals surface area contributed by atoms with Gasteiger partial charge in [0, 0.05) is 17.1 Å². The average molecular weight is 477 g/mol. The largest absolute Gasteiger partial charge is 0.465 e. The summed E-state index contributed by atoms with van der Waals surface area (Å²) in [6.07, 6.45) is 2.62. The lowest BCUT2D eigenvalue weighted by Crippen LogP contribution is -2.29. The highest BCUT2D eigenvalue weighted by Gasteiger charge is 2.22. The van der Waals surface area contributed by atoms with Crippen molar-refractivity contribution in [2.45, 2.75) is 13.5 Å². The minimum atomic E-state index is -3.56. The van der Waals surface area contributed by atoms with Crippen molar-refractivity contribution in [3.8, 4) is 0 Å². The van der Waals surface area contributed by atoms with Crippen LogP contribution in [0.5, 0.6) is 0 Å². The van der Waals surface area contributed by atoms with Crippen LogP contribution in [0.15, 0.2) is 79.0 Å². The van der Waals surface area contributed by atoms with Gasteiger partial charge in [-0.3, -0.25) is 13.7 Å². The summed E-state index contributed by atoms with van der Waals surface area (Å²) in [7, 11) is -2.27. The topological polar surface area (TPSA) is 85.7 Å². The van der Waals surface area contributed by atoms with E-state index in [1.54, 1.807) is 48.5 Å². The second-order valence-electron chi connectivity index (χ2n) is 7.97. The number of fused-ring (bicyclic) bond motifs is 1. The molecule has 1 aromatic heterocycles. The minimum absolute atomic E-state index is 0.184. The van der Waals surface area contributed by atoms with Gasteiger partial charge in [0.15, 0.2) is 0 Å². The summed E-state index contributed by atoms with van der Waals surface area (Å²) in [5, 5.41) is 0.612. The SMILES string of the molecule is COC(=O)c1cn(C(=O)c2ccc(N(Cc3ccccc3C)S(C)(=O)=O)cc2)c2ccccc12. The summed E-state index contributed by atoms with van der Waals surface area (Å²) in [6, 6.07) is 21.1. The van der Waals surface area contributed by atoms with Crippen molar-refractivity contribution in [2.75, 3.05) is 17.7 Å². The smallest absolute Gasteiger partial charge is 0.340 e. The van der Waals surface area contributed by atoms with Gasteiger partial charge in [0.05, 0.1) is 36.7 Å². The van der Waals surface area contributed by atoms with Crippen molar-refractivity contribution in [2.24, 2.45) is 0 Å². The molecule has 4 rings (SSSR count). The van der Waals surface area contributed by atoms with E-state index in [4.69, 9.17) is 4.74 Å². The predicted molar refractivity (Wildman–Crippen MR) is 132 cm³/mol. The molecule has 174 valence electrons. The molecule has 0 saturated heterocycles. The Morgan fingerprint density at radius 1 is 0.941 bits per heavy atom. The number of aromatic nitrogens is 1. The fraction of sp³-hybridized carbons (Fsp3) is 0.154. The molecule has 7 nitrogen and oxygen atoms in total. The van der Waals surface area contributed by atoms with Crippen LogP contribution in [-0.4, -0.2) is 38.2 Å². The van der Waals surface area contributed by atoms with Gasteiger partial charge in [-0.05, 0) is 48.4 Å². The van der Waals surface area contributed by atoms with Gasteiger partial charge < -0.3 is 4.74 Å². The Hall–Kier alpha value is -3.91. The highest BCUT2D eigenvalue weighted by molar-refractivity contribution is 7.92. The number of carbonyl (C=O) groups is 2. The van der Waals surface area contributed by atoms with E-state index in [9.17, 15) is 18.0 Å². The number of ether oxygens (including phenoxy) is 1. The van der Waals surface area contributed by atoms with Crippen LogP contribution in [0, 0.1) is 6.92 Å². The van der Waals surface area contributed by atoms with E-state index in [0.29, 0.717) is 27.7 Å². The van der Waals surface area contributed by atoms with Gasteiger partial charge in [-0.2, -0.15) is 0 Å². The van der Waals surface area contributed by atoms with E-state index in [1.807, 2.05) is 31.2 Å². The second-order valence-corrected chi connectivity index (χ2v) is 9.88. The number of hydrogen-bond acceptors (Lipinski definition) is 5. The van der Waals surface area contributed by atoms with Gasteiger partial charge >= 0.3 is 5.97 Å². The van der Waals surface area contributed by atoms with Crippen LogP contribution < -0.4 is 4.31 Å². The molecule has 0 N–H and O–H groups in total. The summed E-state index contributed by atoms with van der Waals surface area (Å²) >= 11 is 0. The normalized spacial score (nSPS) is 11.4. The fourth-order valence-electron chi connectivity index (χ4n) is 3.87. The first-order chi connectivity index (χ1) is 16.2. The first-order valence-electron chi connectivity index (χ1n) is 10.6. The molecule has 0 saturated carbocycles. The number of nitrogens with zero attached hydrogens (tertiary/aromatic N) is 2. The molecule has 0 unspecified atom stereocenters.